The predicted octanol–water partition coefficient (Wildman–Crippen LogP) is 9.56. The number of azo groups is 1. The van der Waals surface area contributed by atoms with Crippen molar-refractivity contribution >= 4 is 32.9 Å². The van der Waals surface area contributed by atoms with Crippen LogP contribution in [0.4, 0.5) is 11.4 Å². The summed E-state index contributed by atoms with van der Waals surface area (Å²) in [6.45, 7) is 0.714. The first-order valence-corrected chi connectivity index (χ1v) is 13.8. The van der Waals surface area contributed by atoms with Crippen LogP contribution in [0.3, 0.4) is 0 Å². The highest BCUT2D eigenvalue weighted by Crippen LogP contribution is 2.46. The Labute approximate surface area is 243 Å². The largest absolute Gasteiger partial charge is 0.496 e. The van der Waals surface area contributed by atoms with Crippen molar-refractivity contribution in [2.45, 2.75) is 13.2 Å². The molecule has 6 heteroatoms. The number of nitrogens with zero attached hydrogens (tertiary/aromatic N) is 2. The van der Waals surface area contributed by atoms with E-state index >= 15 is 0 Å². The van der Waals surface area contributed by atoms with Crippen LogP contribution in [-0.2, 0) is 13.2 Å². The first kappa shape index (κ1) is 25.6. The van der Waals surface area contributed by atoms with Crippen LogP contribution >= 0.6 is 0 Å². The fourth-order valence-electron chi connectivity index (χ4n) is 5.48. The maximum atomic E-state index is 6.30. The molecule has 7 rings (SSSR count). The summed E-state index contributed by atoms with van der Waals surface area (Å²) in [5, 5.41) is 13.3. The lowest BCUT2D eigenvalue weighted by molar-refractivity contribution is 0.306. The monoisotopic (exact) mass is 552 g/mol. The maximum Gasteiger partial charge on any atom is 0.147 e. The van der Waals surface area contributed by atoms with E-state index in [1.54, 1.807) is 14.2 Å². The molecule has 0 fully saturated rings. The van der Waals surface area contributed by atoms with Gasteiger partial charge in [-0.2, -0.15) is 0 Å². The second-order valence-corrected chi connectivity index (χ2v) is 10.1. The van der Waals surface area contributed by atoms with Gasteiger partial charge in [-0.15, -0.1) is 10.2 Å². The Balaban J connectivity index is 1.49. The number of hydrogen-bond acceptors (Lipinski definition) is 6. The summed E-state index contributed by atoms with van der Waals surface area (Å²) in [4.78, 5) is 0. The minimum absolute atomic E-state index is 0.357. The Bertz CT molecular complexity index is 1840. The summed E-state index contributed by atoms with van der Waals surface area (Å²) in [6.07, 6.45) is 0. The smallest absolute Gasteiger partial charge is 0.147 e. The number of fused-ring (bicyclic) bond motifs is 5. The fraction of sp³-hybridized carbons (Fsp3) is 0.111. The molecule has 0 N–H and O–H groups in total. The molecule has 0 atom stereocenters. The minimum atomic E-state index is 0.357. The summed E-state index contributed by atoms with van der Waals surface area (Å²) in [5.41, 5.74) is 5.25. The first-order chi connectivity index (χ1) is 20.7. The Hall–Kier alpha value is -5.36. The SMILES string of the molecule is COc1ccc2ccc3cc2c1-c1c(OC)ccc2ccc(cc12)COc1ccccc1N=Nc1ccccc1OC3. The summed E-state index contributed by atoms with van der Waals surface area (Å²) in [6, 6.07) is 36.3. The number of benzene rings is 6. The number of methoxy groups -OCH3 is 2. The van der Waals surface area contributed by atoms with Crippen LogP contribution < -0.4 is 18.9 Å². The van der Waals surface area contributed by atoms with E-state index < -0.39 is 0 Å². The van der Waals surface area contributed by atoms with E-state index in [0.29, 0.717) is 36.1 Å². The van der Waals surface area contributed by atoms with Crippen LogP contribution in [0.15, 0.2) is 119 Å². The van der Waals surface area contributed by atoms with Gasteiger partial charge in [0.1, 0.15) is 47.6 Å². The molecular weight excluding hydrogens is 524 g/mol. The zero-order valence-corrected chi connectivity index (χ0v) is 23.3. The molecule has 0 unspecified atom stereocenters. The van der Waals surface area contributed by atoms with Crippen molar-refractivity contribution in [3.05, 3.63) is 120 Å². The van der Waals surface area contributed by atoms with Crippen molar-refractivity contribution in [2.75, 3.05) is 14.2 Å². The highest BCUT2D eigenvalue weighted by atomic mass is 16.5. The first-order valence-electron chi connectivity index (χ1n) is 13.8. The molecule has 1 aliphatic rings. The molecule has 1 heterocycles. The number of para-hydroxylation sites is 2. The maximum absolute atomic E-state index is 6.30. The van der Waals surface area contributed by atoms with Crippen molar-refractivity contribution < 1.29 is 18.9 Å². The van der Waals surface area contributed by atoms with Crippen LogP contribution in [-0.4, -0.2) is 14.2 Å². The molecule has 206 valence electrons. The zero-order valence-electron chi connectivity index (χ0n) is 23.3. The van der Waals surface area contributed by atoms with Crippen LogP contribution in [0.25, 0.3) is 32.7 Å². The van der Waals surface area contributed by atoms with E-state index in [0.717, 1.165) is 55.3 Å². The van der Waals surface area contributed by atoms with E-state index in [1.807, 2.05) is 60.7 Å². The Morgan fingerprint density at radius 1 is 0.524 bits per heavy atom. The fourth-order valence-corrected chi connectivity index (χ4v) is 5.48. The number of hydrogen-bond donors (Lipinski definition) is 0. The summed E-state index contributed by atoms with van der Waals surface area (Å²) in [7, 11) is 3.41. The molecule has 6 nitrogen and oxygen atoms in total. The van der Waals surface area contributed by atoms with Gasteiger partial charge in [0.25, 0.3) is 0 Å². The molecule has 0 radical (unpaired) electrons. The van der Waals surface area contributed by atoms with Gasteiger partial charge >= 0.3 is 0 Å². The molecule has 0 saturated carbocycles. The van der Waals surface area contributed by atoms with Crippen molar-refractivity contribution in [1.29, 1.82) is 0 Å². The lowest BCUT2D eigenvalue weighted by Crippen LogP contribution is -1.99. The highest BCUT2D eigenvalue weighted by molar-refractivity contribution is 6.10. The molecular formula is C36H28N2O4. The van der Waals surface area contributed by atoms with E-state index in [9.17, 15) is 0 Å². The van der Waals surface area contributed by atoms with Gasteiger partial charge in [-0.05, 0) is 81.2 Å². The van der Waals surface area contributed by atoms with Crippen molar-refractivity contribution in [1.82, 2.24) is 0 Å². The number of rotatable bonds is 2. The van der Waals surface area contributed by atoms with Gasteiger partial charge in [-0.25, -0.2) is 0 Å². The van der Waals surface area contributed by atoms with Crippen molar-refractivity contribution in [3.8, 4) is 34.1 Å². The van der Waals surface area contributed by atoms with Gasteiger partial charge in [0.05, 0.1) is 14.2 Å². The van der Waals surface area contributed by atoms with E-state index in [2.05, 4.69) is 58.8 Å². The highest BCUT2D eigenvalue weighted by Gasteiger charge is 2.20. The van der Waals surface area contributed by atoms with Crippen molar-refractivity contribution in [2.24, 2.45) is 10.2 Å². The zero-order chi connectivity index (χ0) is 28.5. The van der Waals surface area contributed by atoms with Crippen LogP contribution in [0.2, 0.25) is 0 Å². The quantitative estimate of drug-likeness (QED) is 0.215. The third-order valence-corrected chi connectivity index (χ3v) is 7.57. The lowest BCUT2D eigenvalue weighted by atomic mass is 9.91. The van der Waals surface area contributed by atoms with Gasteiger partial charge < -0.3 is 18.9 Å². The van der Waals surface area contributed by atoms with Crippen LogP contribution in [0, 0.1) is 0 Å². The number of ether oxygens (including phenoxy) is 4. The van der Waals surface area contributed by atoms with Gasteiger partial charge in [-0.1, -0.05) is 60.7 Å². The second kappa shape index (κ2) is 10.9. The summed E-state index contributed by atoms with van der Waals surface area (Å²) < 4.78 is 24.5. The topological polar surface area (TPSA) is 61.6 Å². The molecule has 6 aromatic rings. The van der Waals surface area contributed by atoms with Crippen LogP contribution in [0.1, 0.15) is 11.1 Å². The van der Waals surface area contributed by atoms with Crippen LogP contribution in [0.5, 0.6) is 23.0 Å². The third kappa shape index (κ3) is 4.67. The third-order valence-electron chi connectivity index (χ3n) is 7.57. The molecule has 1 aliphatic heterocycles. The van der Waals surface area contributed by atoms with E-state index in [1.165, 1.54) is 0 Å². The summed E-state index contributed by atoms with van der Waals surface area (Å²) in [5.74, 6) is 2.82. The van der Waals surface area contributed by atoms with E-state index in [-0.39, 0.29) is 0 Å². The summed E-state index contributed by atoms with van der Waals surface area (Å²) >= 11 is 0. The minimum Gasteiger partial charge on any atom is -0.496 e. The van der Waals surface area contributed by atoms with Gasteiger partial charge in [0.15, 0.2) is 0 Å². The van der Waals surface area contributed by atoms with Gasteiger partial charge in [0.2, 0.25) is 0 Å². The molecule has 6 aromatic carbocycles. The molecule has 42 heavy (non-hydrogen) atoms. The lowest BCUT2D eigenvalue weighted by Gasteiger charge is -2.19. The Kier molecular flexibility index (Phi) is 6.64. The average molecular weight is 553 g/mol. The Morgan fingerprint density at radius 2 is 0.952 bits per heavy atom. The van der Waals surface area contributed by atoms with Crippen molar-refractivity contribution in [3.63, 3.8) is 0 Å². The molecule has 0 aliphatic carbocycles. The predicted molar refractivity (Wildman–Crippen MR) is 166 cm³/mol. The van der Waals surface area contributed by atoms with Gasteiger partial charge in [0, 0.05) is 11.1 Å². The Morgan fingerprint density at radius 3 is 1.40 bits per heavy atom. The molecule has 0 saturated heterocycles. The molecule has 0 spiro atoms. The second-order valence-electron chi connectivity index (χ2n) is 10.1. The van der Waals surface area contributed by atoms with E-state index in [4.69, 9.17) is 18.9 Å². The molecule has 0 aromatic heterocycles. The van der Waals surface area contributed by atoms with Gasteiger partial charge in [-0.3, -0.25) is 0 Å². The average Bonchev–Trinajstić information content (AvgIpc) is 3.04. The normalized spacial score (nSPS) is 12.6. The molecule has 4 bridgehead atoms. The standard InChI is InChI=1S/C36H28N2O4/c1-39-33-17-15-25-13-11-23-19-27(25)35(33)36-28-20-24(12-14-26(28)16-18-34(36)40-2)22-42-32-10-6-4-8-30(32)38-37-29-7-3-5-9-31(29)41-21-23/h3-20H,21-22H2,1-2H3. The molecule has 0 amide bonds.